The normalized spacial score (nSPS) is 11.4. The van der Waals surface area contributed by atoms with E-state index in [4.69, 9.17) is 4.63 Å². The minimum Gasteiger partial charge on any atom is -0.299 e. The molecule has 0 bridgehead atoms. The molecule has 0 saturated heterocycles. The van der Waals surface area contributed by atoms with E-state index in [1.807, 2.05) is 5.48 Å². The molecular formula is C17H13BrFN5O3. The van der Waals surface area contributed by atoms with Gasteiger partial charge in [0.1, 0.15) is 17.3 Å². The highest BCUT2D eigenvalue weighted by Gasteiger charge is 2.19. The summed E-state index contributed by atoms with van der Waals surface area (Å²) in [6.07, 6.45) is 3.34. The molecule has 2 heterocycles. The van der Waals surface area contributed by atoms with Gasteiger partial charge in [-0.25, -0.2) is 14.0 Å². The maximum atomic E-state index is 13.3. The van der Waals surface area contributed by atoms with Crippen molar-refractivity contribution in [3.05, 3.63) is 70.0 Å². The number of aromatic nitrogens is 3. The standard InChI is InChI=1S/C17H13BrFN5O3/c18-13-8-11(1-2-14(13)19)21-17(22-26)16-15(23-27-24-16)9-12(25)7-10-3-5-20-6-4-10/h1-6,8,26H,7,9H2,(H,21,22). The van der Waals surface area contributed by atoms with Crippen molar-refractivity contribution < 1.29 is 19.0 Å². The molecular weight excluding hydrogens is 421 g/mol. The van der Waals surface area contributed by atoms with Crippen molar-refractivity contribution in [2.75, 3.05) is 0 Å². The monoisotopic (exact) mass is 433 g/mol. The second-order valence-corrected chi connectivity index (χ2v) is 6.33. The van der Waals surface area contributed by atoms with Crippen LogP contribution in [0.2, 0.25) is 0 Å². The first-order valence-electron chi connectivity index (χ1n) is 7.73. The summed E-state index contributed by atoms with van der Waals surface area (Å²) in [6.45, 7) is 0. The van der Waals surface area contributed by atoms with Crippen molar-refractivity contribution in [1.29, 1.82) is 0 Å². The highest BCUT2D eigenvalue weighted by atomic mass is 79.9. The summed E-state index contributed by atoms with van der Waals surface area (Å²) in [4.78, 5) is 20.3. The quantitative estimate of drug-likeness (QED) is 0.349. The number of hydrogen-bond acceptors (Lipinski definition) is 7. The molecule has 0 unspecified atom stereocenters. The largest absolute Gasteiger partial charge is 0.299 e. The Morgan fingerprint density at radius 3 is 2.70 bits per heavy atom. The number of hydroxylamine groups is 1. The zero-order valence-corrected chi connectivity index (χ0v) is 15.4. The fourth-order valence-electron chi connectivity index (χ4n) is 2.29. The number of ketones is 1. The van der Waals surface area contributed by atoms with Gasteiger partial charge in [-0.2, -0.15) is 0 Å². The summed E-state index contributed by atoms with van der Waals surface area (Å²) in [5, 5.41) is 16.8. The van der Waals surface area contributed by atoms with Crippen LogP contribution in [0.1, 0.15) is 17.0 Å². The van der Waals surface area contributed by atoms with Crippen LogP contribution in [0.25, 0.3) is 0 Å². The number of hydrogen-bond donors (Lipinski definition) is 2. The predicted octanol–water partition coefficient (Wildman–Crippen LogP) is 2.78. The minimum atomic E-state index is -0.446. The number of rotatable bonds is 6. The van der Waals surface area contributed by atoms with Gasteiger partial charge in [0, 0.05) is 18.8 Å². The lowest BCUT2D eigenvalue weighted by molar-refractivity contribution is -0.117. The highest BCUT2D eigenvalue weighted by Crippen LogP contribution is 2.23. The summed E-state index contributed by atoms with van der Waals surface area (Å²) in [6, 6.07) is 7.55. The van der Waals surface area contributed by atoms with Crippen molar-refractivity contribution in [3.8, 4) is 0 Å². The van der Waals surface area contributed by atoms with E-state index in [0.717, 1.165) is 5.56 Å². The van der Waals surface area contributed by atoms with E-state index in [1.165, 1.54) is 18.2 Å². The Balaban J connectivity index is 1.80. The maximum absolute atomic E-state index is 13.3. The maximum Gasteiger partial charge on any atom is 0.182 e. The van der Waals surface area contributed by atoms with E-state index in [-0.39, 0.29) is 40.3 Å². The summed E-state index contributed by atoms with van der Waals surface area (Å²) >= 11 is 3.06. The predicted molar refractivity (Wildman–Crippen MR) is 96.2 cm³/mol. The zero-order valence-electron chi connectivity index (χ0n) is 13.8. The van der Waals surface area contributed by atoms with Crippen LogP contribution in [0.15, 0.2) is 56.8 Å². The van der Waals surface area contributed by atoms with E-state index < -0.39 is 5.82 Å². The Morgan fingerprint density at radius 1 is 1.22 bits per heavy atom. The van der Waals surface area contributed by atoms with Gasteiger partial charge >= 0.3 is 0 Å². The van der Waals surface area contributed by atoms with Gasteiger partial charge in [0.05, 0.1) is 16.6 Å². The number of halogens is 2. The molecule has 8 nitrogen and oxygen atoms in total. The minimum absolute atomic E-state index is 0.0605. The van der Waals surface area contributed by atoms with Crippen LogP contribution in [0, 0.1) is 5.82 Å². The smallest absolute Gasteiger partial charge is 0.182 e. The van der Waals surface area contributed by atoms with Crippen LogP contribution < -0.4 is 5.48 Å². The molecule has 2 N–H and O–H groups in total. The molecule has 0 aliphatic rings. The first-order valence-corrected chi connectivity index (χ1v) is 8.52. The average molecular weight is 434 g/mol. The summed E-state index contributed by atoms with van der Waals surface area (Å²) < 4.78 is 18.3. The molecule has 0 amide bonds. The molecule has 2 aromatic heterocycles. The van der Waals surface area contributed by atoms with Gasteiger partial charge in [0.2, 0.25) is 0 Å². The topological polar surface area (TPSA) is 114 Å². The Hall–Kier alpha value is -2.98. The van der Waals surface area contributed by atoms with Gasteiger partial charge in [-0.3, -0.25) is 20.5 Å². The third kappa shape index (κ3) is 4.80. The summed E-state index contributed by atoms with van der Waals surface area (Å²) in [5.41, 5.74) is 3.37. The van der Waals surface area contributed by atoms with Crippen molar-refractivity contribution >= 4 is 33.2 Å². The molecule has 0 atom stereocenters. The van der Waals surface area contributed by atoms with E-state index in [1.54, 1.807) is 24.5 Å². The lowest BCUT2D eigenvalue weighted by Gasteiger charge is -2.04. The fraction of sp³-hybridized carbons (Fsp3) is 0.118. The van der Waals surface area contributed by atoms with Crippen LogP contribution in [0.5, 0.6) is 0 Å². The lowest BCUT2D eigenvalue weighted by atomic mass is 10.1. The van der Waals surface area contributed by atoms with Crippen molar-refractivity contribution in [2.45, 2.75) is 12.8 Å². The molecule has 0 fully saturated rings. The average Bonchev–Trinajstić information content (AvgIpc) is 3.11. The SMILES string of the molecule is O=C(Cc1ccncc1)Cc1nonc1C(=Nc1ccc(F)c(Br)c1)NO. The molecule has 0 aliphatic heterocycles. The van der Waals surface area contributed by atoms with Crippen LogP contribution in [-0.2, 0) is 17.6 Å². The van der Waals surface area contributed by atoms with Gasteiger partial charge < -0.3 is 0 Å². The molecule has 0 spiro atoms. The molecule has 27 heavy (non-hydrogen) atoms. The number of nitrogens with one attached hydrogen (secondary N) is 1. The first kappa shape index (κ1) is 18.8. The number of pyridine rings is 1. The second kappa shape index (κ2) is 8.60. The fourth-order valence-corrected chi connectivity index (χ4v) is 2.66. The molecule has 0 aliphatic carbocycles. The Bertz CT molecular complexity index is 978. The van der Waals surface area contributed by atoms with E-state index >= 15 is 0 Å². The van der Waals surface area contributed by atoms with Crippen molar-refractivity contribution in [2.24, 2.45) is 4.99 Å². The second-order valence-electron chi connectivity index (χ2n) is 5.48. The van der Waals surface area contributed by atoms with Crippen LogP contribution in [0.4, 0.5) is 10.1 Å². The van der Waals surface area contributed by atoms with E-state index in [2.05, 4.69) is 36.2 Å². The molecule has 0 radical (unpaired) electrons. The van der Waals surface area contributed by atoms with Gasteiger partial charge in [0.25, 0.3) is 0 Å². The number of aliphatic imine (C=N–C) groups is 1. The van der Waals surface area contributed by atoms with Crippen molar-refractivity contribution in [3.63, 3.8) is 0 Å². The molecule has 10 heteroatoms. The van der Waals surface area contributed by atoms with E-state index in [9.17, 15) is 14.4 Å². The third-order valence-electron chi connectivity index (χ3n) is 3.55. The molecule has 3 aromatic rings. The Morgan fingerprint density at radius 2 is 2.00 bits per heavy atom. The Labute approximate surface area is 161 Å². The first-order chi connectivity index (χ1) is 13.1. The third-order valence-corrected chi connectivity index (χ3v) is 4.15. The summed E-state index contributed by atoms with van der Waals surface area (Å²) in [5.74, 6) is -0.653. The van der Waals surface area contributed by atoms with Crippen LogP contribution >= 0.6 is 15.9 Å². The van der Waals surface area contributed by atoms with Crippen molar-refractivity contribution in [1.82, 2.24) is 20.8 Å². The van der Waals surface area contributed by atoms with Crippen LogP contribution in [0.3, 0.4) is 0 Å². The molecule has 1 aromatic carbocycles. The van der Waals surface area contributed by atoms with Gasteiger partial charge in [-0.1, -0.05) is 5.16 Å². The number of Topliss-reactive ketones (excluding diaryl/α,β-unsaturated/α-hetero) is 1. The molecule has 3 rings (SSSR count). The number of carbonyl (C=O) groups is 1. The van der Waals surface area contributed by atoms with E-state index in [0.29, 0.717) is 5.69 Å². The van der Waals surface area contributed by atoms with Crippen LogP contribution in [-0.4, -0.2) is 32.1 Å². The highest BCUT2D eigenvalue weighted by molar-refractivity contribution is 9.10. The molecule has 0 saturated carbocycles. The number of benzene rings is 1. The van der Waals surface area contributed by atoms with Gasteiger partial charge in [0.15, 0.2) is 11.5 Å². The number of amidine groups is 1. The van der Waals surface area contributed by atoms with Gasteiger partial charge in [-0.05, 0) is 57.0 Å². The zero-order chi connectivity index (χ0) is 19.2. The number of carbonyl (C=O) groups excluding carboxylic acids is 1. The molecule has 138 valence electrons. The number of nitrogens with zero attached hydrogens (tertiary/aromatic N) is 4. The lowest BCUT2D eigenvalue weighted by Crippen LogP contribution is -2.23. The summed E-state index contributed by atoms with van der Waals surface area (Å²) in [7, 11) is 0. The Kier molecular flexibility index (Phi) is 5.99. The van der Waals surface area contributed by atoms with Gasteiger partial charge in [-0.15, -0.1) is 0 Å².